The Bertz CT molecular complexity index is 714. The minimum Gasteiger partial charge on any atom is -0.343 e. The van der Waals surface area contributed by atoms with Gasteiger partial charge in [0.15, 0.2) is 0 Å². The number of nitrogens with zero attached hydrogens (tertiary/aromatic N) is 2. The summed E-state index contributed by atoms with van der Waals surface area (Å²) in [6.45, 7) is 11.1. The van der Waals surface area contributed by atoms with Gasteiger partial charge in [-0.25, -0.2) is 0 Å². The lowest BCUT2D eigenvalue weighted by molar-refractivity contribution is -0.134. The third-order valence-corrected chi connectivity index (χ3v) is 11.5. The minimum atomic E-state index is 0.421. The van der Waals surface area contributed by atoms with Gasteiger partial charge in [0.2, 0.25) is 11.8 Å². The van der Waals surface area contributed by atoms with E-state index in [9.17, 15) is 9.59 Å². The standard InChI is InChI=1S/C34H60N2O2/c1-26(2)31-17-21-35(22-18-31)34(38)16-14-29-9-6-10-30(12-11-29)25-27(3)32-19-23-36(24-20-32)33(37)15-13-28-7-4-5-8-28/h26-32H,4-25H2,1-3H3. The van der Waals surface area contributed by atoms with Crippen molar-refractivity contribution in [2.24, 2.45) is 41.4 Å². The molecule has 0 bridgehead atoms. The van der Waals surface area contributed by atoms with E-state index in [1.807, 2.05) is 0 Å². The van der Waals surface area contributed by atoms with Gasteiger partial charge in [-0.15, -0.1) is 0 Å². The highest BCUT2D eigenvalue weighted by Gasteiger charge is 2.30. The monoisotopic (exact) mass is 528 g/mol. The van der Waals surface area contributed by atoms with Crippen LogP contribution in [0.15, 0.2) is 0 Å². The molecular weight excluding hydrogens is 468 g/mol. The van der Waals surface area contributed by atoms with E-state index in [0.29, 0.717) is 11.8 Å². The first-order valence-corrected chi connectivity index (χ1v) is 16.9. The maximum absolute atomic E-state index is 12.9. The zero-order valence-electron chi connectivity index (χ0n) is 25.3. The van der Waals surface area contributed by atoms with E-state index in [4.69, 9.17) is 0 Å². The Balaban J connectivity index is 1.09. The molecule has 3 unspecified atom stereocenters. The maximum Gasteiger partial charge on any atom is 0.222 e. The highest BCUT2D eigenvalue weighted by molar-refractivity contribution is 5.76. The van der Waals surface area contributed by atoms with Crippen LogP contribution < -0.4 is 0 Å². The van der Waals surface area contributed by atoms with Gasteiger partial charge < -0.3 is 9.80 Å². The zero-order chi connectivity index (χ0) is 26.9. The van der Waals surface area contributed by atoms with Gasteiger partial charge in [0, 0.05) is 39.0 Å². The van der Waals surface area contributed by atoms with E-state index in [1.54, 1.807) is 0 Å². The Morgan fingerprint density at radius 3 is 1.58 bits per heavy atom. The second kappa shape index (κ2) is 15.1. The molecule has 0 radical (unpaired) electrons. The summed E-state index contributed by atoms with van der Waals surface area (Å²) in [5.74, 6) is 6.43. The van der Waals surface area contributed by atoms with Crippen molar-refractivity contribution in [3.05, 3.63) is 0 Å². The van der Waals surface area contributed by atoms with Crippen LogP contribution in [0.3, 0.4) is 0 Å². The van der Waals surface area contributed by atoms with Crippen molar-refractivity contribution < 1.29 is 9.59 Å². The van der Waals surface area contributed by atoms with Crippen molar-refractivity contribution >= 4 is 11.8 Å². The molecule has 2 heterocycles. The lowest BCUT2D eigenvalue weighted by Crippen LogP contribution is -2.40. The van der Waals surface area contributed by atoms with E-state index >= 15 is 0 Å². The number of carbonyl (C=O) groups is 2. The molecule has 2 aliphatic heterocycles. The van der Waals surface area contributed by atoms with Crippen LogP contribution >= 0.6 is 0 Å². The van der Waals surface area contributed by atoms with Crippen molar-refractivity contribution in [2.75, 3.05) is 26.2 Å². The van der Waals surface area contributed by atoms with Crippen LogP contribution in [-0.2, 0) is 9.59 Å². The molecular formula is C34H60N2O2. The summed E-state index contributed by atoms with van der Waals surface area (Å²) in [6.07, 6.45) is 22.2. The molecule has 2 saturated carbocycles. The van der Waals surface area contributed by atoms with E-state index in [0.717, 1.165) is 93.3 Å². The predicted molar refractivity (Wildman–Crippen MR) is 158 cm³/mol. The molecule has 3 atom stereocenters. The molecule has 2 saturated heterocycles. The van der Waals surface area contributed by atoms with E-state index in [1.165, 1.54) is 89.9 Å². The summed E-state index contributed by atoms with van der Waals surface area (Å²) in [6, 6.07) is 0. The van der Waals surface area contributed by atoms with Crippen LogP contribution in [0.1, 0.15) is 136 Å². The van der Waals surface area contributed by atoms with Gasteiger partial charge in [-0.2, -0.15) is 0 Å². The van der Waals surface area contributed by atoms with Crippen LogP contribution in [0, 0.1) is 41.4 Å². The second-order valence-electron chi connectivity index (χ2n) is 14.4. The Kier molecular flexibility index (Phi) is 11.9. The average Bonchev–Trinajstić information content (AvgIpc) is 3.36. The number of piperidine rings is 2. The predicted octanol–water partition coefficient (Wildman–Crippen LogP) is 8.09. The first kappa shape index (κ1) is 29.9. The summed E-state index contributed by atoms with van der Waals surface area (Å²) in [5, 5.41) is 0. The van der Waals surface area contributed by atoms with Gasteiger partial charge in [-0.3, -0.25) is 9.59 Å². The molecule has 218 valence electrons. The molecule has 4 fully saturated rings. The van der Waals surface area contributed by atoms with E-state index in [2.05, 4.69) is 30.6 Å². The molecule has 0 aromatic carbocycles. The summed E-state index contributed by atoms with van der Waals surface area (Å²) < 4.78 is 0. The van der Waals surface area contributed by atoms with Crippen molar-refractivity contribution in [2.45, 2.75) is 136 Å². The lowest BCUT2D eigenvalue weighted by Gasteiger charge is -2.36. The maximum atomic E-state index is 12.9. The molecule has 2 amide bonds. The Labute approximate surface area is 235 Å². The molecule has 0 N–H and O–H groups in total. The quantitative estimate of drug-likeness (QED) is 0.269. The van der Waals surface area contributed by atoms with Crippen LogP contribution in [0.25, 0.3) is 0 Å². The number of amides is 2. The van der Waals surface area contributed by atoms with Crippen LogP contribution in [0.2, 0.25) is 0 Å². The van der Waals surface area contributed by atoms with Crippen LogP contribution in [-0.4, -0.2) is 47.8 Å². The summed E-state index contributed by atoms with van der Waals surface area (Å²) in [7, 11) is 0. The summed E-state index contributed by atoms with van der Waals surface area (Å²) in [5.41, 5.74) is 0. The summed E-state index contributed by atoms with van der Waals surface area (Å²) >= 11 is 0. The first-order chi connectivity index (χ1) is 18.4. The largest absolute Gasteiger partial charge is 0.343 e. The topological polar surface area (TPSA) is 40.6 Å². The molecule has 4 nitrogen and oxygen atoms in total. The number of rotatable bonds is 10. The fourth-order valence-electron chi connectivity index (χ4n) is 8.50. The fourth-order valence-corrected chi connectivity index (χ4v) is 8.50. The Morgan fingerprint density at radius 1 is 0.579 bits per heavy atom. The smallest absolute Gasteiger partial charge is 0.222 e. The molecule has 38 heavy (non-hydrogen) atoms. The SMILES string of the molecule is CC(C)C1CCN(C(=O)CCC2CCCC(CC(C)C3CCN(C(=O)CCC4CCCC4)CC3)CC2)CC1. The van der Waals surface area contributed by atoms with E-state index in [-0.39, 0.29) is 0 Å². The molecule has 0 aromatic rings. The van der Waals surface area contributed by atoms with Gasteiger partial charge >= 0.3 is 0 Å². The normalized spacial score (nSPS) is 27.6. The molecule has 2 aliphatic carbocycles. The molecule has 4 aliphatic rings. The van der Waals surface area contributed by atoms with Crippen molar-refractivity contribution in [3.63, 3.8) is 0 Å². The van der Waals surface area contributed by atoms with Crippen molar-refractivity contribution in [3.8, 4) is 0 Å². The van der Waals surface area contributed by atoms with Gasteiger partial charge in [-0.1, -0.05) is 78.6 Å². The zero-order valence-corrected chi connectivity index (χ0v) is 25.3. The molecule has 4 heteroatoms. The lowest BCUT2D eigenvalue weighted by atomic mass is 9.78. The van der Waals surface area contributed by atoms with Gasteiger partial charge in [-0.05, 0) is 86.4 Å². The van der Waals surface area contributed by atoms with Crippen LogP contribution in [0.4, 0.5) is 0 Å². The fraction of sp³-hybridized carbons (Fsp3) is 0.941. The van der Waals surface area contributed by atoms with E-state index < -0.39 is 0 Å². The Hall–Kier alpha value is -1.06. The number of hydrogen-bond acceptors (Lipinski definition) is 2. The number of likely N-dealkylation sites (tertiary alicyclic amines) is 2. The van der Waals surface area contributed by atoms with Gasteiger partial charge in [0.05, 0.1) is 0 Å². The van der Waals surface area contributed by atoms with Crippen molar-refractivity contribution in [1.29, 1.82) is 0 Å². The highest BCUT2D eigenvalue weighted by atomic mass is 16.2. The molecule has 4 rings (SSSR count). The van der Waals surface area contributed by atoms with Gasteiger partial charge in [0.25, 0.3) is 0 Å². The third kappa shape index (κ3) is 8.98. The number of carbonyl (C=O) groups excluding carboxylic acids is 2. The average molecular weight is 529 g/mol. The second-order valence-corrected chi connectivity index (χ2v) is 14.4. The first-order valence-electron chi connectivity index (χ1n) is 16.9. The number of hydrogen-bond donors (Lipinski definition) is 0. The minimum absolute atomic E-state index is 0.421. The van der Waals surface area contributed by atoms with Gasteiger partial charge in [0.1, 0.15) is 0 Å². The molecule has 0 spiro atoms. The van der Waals surface area contributed by atoms with Crippen LogP contribution in [0.5, 0.6) is 0 Å². The summed E-state index contributed by atoms with van der Waals surface area (Å²) in [4.78, 5) is 29.9. The van der Waals surface area contributed by atoms with Crippen molar-refractivity contribution in [1.82, 2.24) is 9.80 Å². The molecule has 0 aromatic heterocycles. The highest BCUT2D eigenvalue weighted by Crippen LogP contribution is 2.37. The third-order valence-electron chi connectivity index (χ3n) is 11.5. The Morgan fingerprint density at radius 2 is 1.03 bits per heavy atom.